The van der Waals surface area contributed by atoms with Crippen molar-refractivity contribution in [1.82, 2.24) is 0 Å². The standard InChI is InChI=1S/C25H28NP/c1-20-17-18-24(26-21-11-5-2-6-12-21)25(19-20)27(22-13-7-3-8-14-22)23-15-9-4-10-16-23/h3-4,7-10,13-19,21,26H,2,5-6,11-12H2,1H3. The van der Waals surface area contributed by atoms with Gasteiger partial charge in [0.1, 0.15) is 0 Å². The minimum Gasteiger partial charge on any atom is -0.382 e. The maximum atomic E-state index is 3.91. The zero-order valence-corrected chi connectivity index (χ0v) is 17.0. The van der Waals surface area contributed by atoms with Gasteiger partial charge in [0.2, 0.25) is 0 Å². The van der Waals surface area contributed by atoms with E-state index in [2.05, 4.69) is 91.1 Å². The topological polar surface area (TPSA) is 12.0 Å². The fourth-order valence-corrected chi connectivity index (χ4v) is 6.50. The smallest absolute Gasteiger partial charge is 0.0427 e. The summed E-state index contributed by atoms with van der Waals surface area (Å²) in [5.41, 5.74) is 2.66. The maximum Gasteiger partial charge on any atom is 0.0427 e. The van der Waals surface area contributed by atoms with E-state index < -0.39 is 7.92 Å². The largest absolute Gasteiger partial charge is 0.382 e. The van der Waals surface area contributed by atoms with Crippen LogP contribution in [-0.2, 0) is 0 Å². The van der Waals surface area contributed by atoms with Gasteiger partial charge in [-0.25, -0.2) is 0 Å². The second-order valence-electron chi connectivity index (χ2n) is 7.51. The van der Waals surface area contributed by atoms with Crippen LogP contribution < -0.4 is 21.2 Å². The summed E-state index contributed by atoms with van der Waals surface area (Å²) in [6, 6.07) is 29.6. The second-order valence-corrected chi connectivity index (χ2v) is 9.69. The third-order valence-electron chi connectivity index (χ3n) is 5.39. The van der Waals surface area contributed by atoms with E-state index in [-0.39, 0.29) is 0 Å². The Hall–Kier alpha value is -2.11. The summed E-state index contributed by atoms with van der Waals surface area (Å²) in [5.74, 6) is 0. The summed E-state index contributed by atoms with van der Waals surface area (Å²) in [6.07, 6.45) is 6.68. The Balaban J connectivity index is 1.78. The maximum absolute atomic E-state index is 3.91. The molecule has 1 aliphatic rings. The van der Waals surface area contributed by atoms with Crippen molar-refractivity contribution in [2.45, 2.75) is 45.1 Å². The van der Waals surface area contributed by atoms with Gasteiger partial charge in [-0.2, -0.15) is 0 Å². The van der Waals surface area contributed by atoms with Crippen LogP contribution in [0.3, 0.4) is 0 Å². The molecule has 0 aromatic heterocycles. The van der Waals surface area contributed by atoms with Crippen LogP contribution >= 0.6 is 7.92 Å². The molecule has 1 aliphatic carbocycles. The van der Waals surface area contributed by atoms with Gasteiger partial charge in [-0.3, -0.25) is 0 Å². The van der Waals surface area contributed by atoms with Gasteiger partial charge in [0.25, 0.3) is 0 Å². The van der Waals surface area contributed by atoms with Gasteiger partial charge in [0, 0.05) is 17.0 Å². The van der Waals surface area contributed by atoms with E-state index in [1.807, 2.05) is 0 Å². The lowest BCUT2D eigenvalue weighted by Gasteiger charge is -2.28. The van der Waals surface area contributed by atoms with Crippen molar-refractivity contribution in [1.29, 1.82) is 0 Å². The Morgan fingerprint density at radius 2 is 1.33 bits per heavy atom. The minimum atomic E-state index is -0.572. The van der Waals surface area contributed by atoms with Gasteiger partial charge in [-0.1, -0.05) is 91.6 Å². The highest BCUT2D eigenvalue weighted by Crippen LogP contribution is 2.36. The molecule has 0 radical (unpaired) electrons. The fourth-order valence-electron chi connectivity index (χ4n) is 4.00. The van der Waals surface area contributed by atoms with Crippen LogP contribution in [-0.4, -0.2) is 6.04 Å². The summed E-state index contributed by atoms with van der Waals surface area (Å²) in [5, 5.41) is 8.19. The van der Waals surface area contributed by atoms with Crippen molar-refractivity contribution in [2.24, 2.45) is 0 Å². The molecular formula is C25H28NP. The Morgan fingerprint density at radius 1 is 0.741 bits per heavy atom. The molecule has 0 atom stereocenters. The van der Waals surface area contributed by atoms with E-state index in [0.29, 0.717) is 6.04 Å². The molecule has 0 unspecified atom stereocenters. The number of benzene rings is 3. The molecule has 1 N–H and O–H groups in total. The highest BCUT2D eigenvalue weighted by molar-refractivity contribution is 7.80. The molecule has 0 spiro atoms. The van der Waals surface area contributed by atoms with Crippen molar-refractivity contribution >= 4 is 29.5 Å². The molecule has 4 rings (SSSR count). The molecule has 2 heteroatoms. The first-order chi connectivity index (χ1) is 13.3. The summed E-state index contributed by atoms with van der Waals surface area (Å²) in [6.45, 7) is 2.21. The van der Waals surface area contributed by atoms with Crippen molar-refractivity contribution in [3.05, 3.63) is 84.4 Å². The Bertz CT molecular complexity index is 815. The van der Waals surface area contributed by atoms with Crippen molar-refractivity contribution in [2.75, 3.05) is 5.32 Å². The molecule has 0 saturated heterocycles. The van der Waals surface area contributed by atoms with E-state index in [1.54, 1.807) is 0 Å². The minimum absolute atomic E-state index is 0.572. The van der Waals surface area contributed by atoms with E-state index in [0.717, 1.165) is 0 Å². The zero-order chi connectivity index (χ0) is 18.5. The lowest BCUT2D eigenvalue weighted by atomic mass is 9.95. The monoisotopic (exact) mass is 373 g/mol. The first-order valence-corrected chi connectivity index (χ1v) is 11.4. The molecule has 138 valence electrons. The molecule has 3 aromatic carbocycles. The van der Waals surface area contributed by atoms with Gasteiger partial charge >= 0.3 is 0 Å². The third kappa shape index (κ3) is 4.42. The number of aryl methyl sites for hydroxylation is 1. The highest BCUT2D eigenvalue weighted by Gasteiger charge is 2.21. The first-order valence-electron chi connectivity index (χ1n) is 10.1. The summed E-state index contributed by atoms with van der Waals surface area (Å²) in [4.78, 5) is 0. The van der Waals surface area contributed by atoms with Gasteiger partial charge in [-0.05, 0) is 50.4 Å². The number of hydrogen-bond donors (Lipinski definition) is 1. The van der Waals surface area contributed by atoms with Crippen LogP contribution in [0.1, 0.15) is 37.7 Å². The van der Waals surface area contributed by atoms with Gasteiger partial charge < -0.3 is 5.32 Å². The molecule has 0 heterocycles. The first kappa shape index (κ1) is 18.3. The van der Waals surface area contributed by atoms with E-state index in [9.17, 15) is 0 Å². The number of rotatable bonds is 5. The van der Waals surface area contributed by atoms with E-state index in [1.165, 1.54) is 59.3 Å². The van der Waals surface area contributed by atoms with Gasteiger partial charge in [0.15, 0.2) is 0 Å². The molecule has 0 amide bonds. The molecule has 0 bridgehead atoms. The molecule has 1 saturated carbocycles. The Morgan fingerprint density at radius 3 is 1.93 bits per heavy atom. The quantitative estimate of drug-likeness (QED) is 0.583. The third-order valence-corrected chi connectivity index (χ3v) is 7.87. The molecule has 3 aromatic rings. The molecule has 1 fully saturated rings. The zero-order valence-electron chi connectivity index (χ0n) is 16.1. The number of nitrogens with one attached hydrogen (secondary N) is 1. The molecule has 27 heavy (non-hydrogen) atoms. The van der Waals surface area contributed by atoms with E-state index >= 15 is 0 Å². The summed E-state index contributed by atoms with van der Waals surface area (Å²) < 4.78 is 0. The van der Waals surface area contributed by atoms with Crippen LogP contribution in [0.4, 0.5) is 5.69 Å². The van der Waals surface area contributed by atoms with Crippen molar-refractivity contribution in [3.8, 4) is 0 Å². The average Bonchev–Trinajstić information content (AvgIpc) is 2.73. The Kier molecular flexibility index (Phi) is 5.90. The predicted octanol–water partition coefficient (Wildman–Crippen LogP) is 5.50. The predicted molar refractivity (Wildman–Crippen MR) is 120 cm³/mol. The lowest BCUT2D eigenvalue weighted by molar-refractivity contribution is 0.463. The van der Waals surface area contributed by atoms with Crippen LogP contribution in [0.5, 0.6) is 0 Å². The number of hydrogen-bond acceptors (Lipinski definition) is 1. The summed E-state index contributed by atoms with van der Waals surface area (Å²) in [7, 11) is -0.572. The van der Waals surface area contributed by atoms with E-state index in [4.69, 9.17) is 0 Å². The molecule has 0 aliphatic heterocycles. The van der Waals surface area contributed by atoms with Crippen molar-refractivity contribution < 1.29 is 0 Å². The second kappa shape index (κ2) is 8.72. The van der Waals surface area contributed by atoms with Gasteiger partial charge in [-0.15, -0.1) is 0 Å². The fraction of sp³-hybridized carbons (Fsp3) is 0.280. The summed E-state index contributed by atoms with van der Waals surface area (Å²) >= 11 is 0. The lowest BCUT2D eigenvalue weighted by Crippen LogP contribution is -2.28. The van der Waals surface area contributed by atoms with Crippen molar-refractivity contribution in [3.63, 3.8) is 0 Å². The molecular weight excluding hydrogens is 345 g/mol. The number of anilines is 1. The molecule has 1 nitrogen and oxygen atoms in total. The van der Waals surface area contributed by atoms with Gasteiger partial charge in [0.05, 0.1) is 0 Å². The normalized spacial score (nSPS) is 15.0. The van der Waals surface area contributed by atoms with Crippen LogP contribution in [0.15, 0.2) is 78.9 Å². The Labute approximate surface area is 164 Å². The average molecular weight is 373 g/mol. The van der Waals surface area contributed by atoms with Crippen LogP contribution in [0.25, 0.3) is 0 Å². The highest BCUT2D eigenvalue weighted by atomic mass is 31.1. The SMILES string of the molecule is Cc1ccc(NC2CCCCC2)c(P(c2ccccc2)c2ccccc2)c1. The van der Waals surface area contributed by atoms with Crippen LogP contribution in [0.2, 0.25) is 0 Å². The van der Waals surface area contributed by atoms with Crippen LogP contribution in [0, 0.1) is 6.92 Å².